The van der Waals surface area contributed by atoms with E-state index in [1.54, 1.807) is 0 Å². The maximum absolute atomic E-state index is 11.4. The van der Waals surface area contributed by atoms with Crippen LogP contribution in [0.4, 0.5) is 5.13 Å². The highest BCUT2D eigenvalue weighted by molar-refractivity contribution is 7.13. The van der Waals surface area contributed by atoms with Gasteiger partial charge in [0.2, 0.25) is 5.91 Å². The third-order valence-electron chi connectivity index (χ3n) is 2.29. The van der Waals surface area contributed by atoms with Crippen molar-refractivity contribution >= 4 is 22.4 Å². The van der Waals surface area contributed by atoms with Crippen LogP contribution < -0.4 is 5.32 Å². The lowest BCUT2D eigenvalue weighted by atomic mass is 10.2. The smallest absolute Gasteiger partial charge is 0.229 e. The number of nitrogens with one attached hydrogen (secondary N) is 1. The van der Waals surface area contributed by atoms with Crippen molar-refractivity contribution in [2.24, 2.45) is 5.92 Å². The summed E-state index contributed by atoms with van der Waals surface area (Å²) in [6, 6.07) is 0. The van der Waals surface area contributed by atoms with Crippen LogP contribution in [0.1, 0.15) is 38.3 Å². The van der Waals surface area contributed by atoms with Crippen molar-refractivity contribution in [3.63, 3.8) is 0 Å². The molecule has 2 rings (SSSR count). The number of nitrogens with zero attached hydrogens (tertiary/aromatic N) is 1. The highest BCUT2D eigenvalue weighted by Gasteiger charge is 2.30. The van der Waals surface area contributed by atoms with Gasteiger partial charge in [0.1, 0.15) is 0 Å². The van der Waals surface area contributed by atoms with Crippen LogP contribution in [0.2, 0.25) is 0 Å². The van der Waals surface area contributed by atoms with Gasteiger partial charge in [0.15, 0.2) is 5.13 Å². The van der Waals surface area contributed by atoms with Crippen molar-refractivity contribution in [3.8, 4) is 0 Å². The maximum Gasteiger partial charge on any atom is 0.229 e. The Bertz CT molecular complexity index is 342. The third kappa shape index (κ3) is 2.12. The zero-order chi connectivity index (χ0) is 10.1. The second kappa shape index (κ2) is 3.69. The number of carbonyl (C=O) groups is 1. The molecular weight excluding hydrogens is 196 g/mol. The van der Waals surface area contributed by atoms with E-state index in [1.807, 2.05) is 5.38 Å². The molecular formula is C10H14N2OS. The standard InChI is InChI=1S/C10H14N2OS/c1-6(2)8-5-14-10(11-8)12-9(13)7-3-4-7/h5-7H,3-4H2,1-2H3,(H,11,12,13). The Balaban J connectivity index is 1.98. The molecule has 0 radical (unpaired) electrons. The zero-order valence-corrected chi connectivity index (χ0v) is 9.23. The van der Waals surface area contributed by atoms with E-state index in [2.05, 4.69) is 24.1 Å². The topological polar surface area (TPSA) is 42.0 Å². The van der Waals surface area contributed by atoms with Crippen LogP contribution in [-0.2, 0) is 4.79 Å². The molecule has 0 saturated heterocycles. The summed E-state index contributed by atoms with van der Waals surface area (Å²) in [5, 5.41) is 5.60. The van der Waals surface area contributed by atoms with E-state index in [-0.39, 0.29) is 11.8 Å². The van der Waals surface area contributed by atoms with Gasteiger partial charge in [0.05, 0.1) is 5.69 Å². The predicted molar refractivity (Wildman–Crippen MR) is 57.6 cm³/mol. The summed E-state index contributed by atoms with van der Waals surface area (Å²) in [5.74, 6) is 0.814. The number of hydrogen-bond donors (Lipinski definition) is 1. The molecule has 3 nitrogen and oxygen atoms in total. The molecule has 0 spiro atoms. The summed E-state index contributed by atoms with van der Waals surface area (Å²) in [7, 11) is 0. The van der Waals surface area contributed by atoms with E-state index >= 15 is 0 Å². The molecule has 1 aromatic heterocycles. The second-order valence-corrected chi connectivity index (χ2v) is 4.85. The number of anilines is 1. The van der Waals surface area contributed by atoms with Gasteiger partial charge in [-0.3, -0.25) is 4.79 Å². The number of amides is 1. The Morgan fingerprint density at radius 2 is 2.36 bits per heavy atom. The normalized spacial score (nSPS) is 15.9. The first-order valence-corrected chi connectivity index (χ1v) is 5.81. The summed E-state index contributed by atoms with van der Waals surface area (Å²) in [6.45, 7) is 4.20. The van der Waals surface area contributed by atoms with Crippen molar-refractivity contribution in [2.45, 2.75) is 32.6 Å². The van der Waals surface area contributed by atoms with Crippen molar-refractivity contribution in [2.75, 3.05) is 5.32 Å². The number of hydrogen-bond acceptors (Lipinski definition) is 3. The first kappa shape index (κ1) is 9.65. The monoisotopic (exact) mass is 210 g/mol. The molecule has 0 atom stereocenters. The van der Waals surface area contributed by atoms with E-state index in [9.17, 15) is 4.79 Å². The van der Waals surface area contributed by atoms with E-state index in [4.69, 9.17) is 0 Å². The SMILES string of the molecule is CC(C)c1csc(NC(=O)C2CC2)n1. The molecule has 0 aromatic carbocycles. The number of aromatic nitrogens is 1. The minimum absolute atomic E-state index is 0.134. The van der Waals surface area contributed by atoms with Crippen LogP contribution >= 0.6 is 11.3 Å². The molecule has 14 heavy (non-hydrogen) atoms. The average molecular weight is 210 g/mol. The number of carbonyl (C=O) groups excluding carboxylic acids is 1. The lowest BCUT2D eigenvalue weighted by molar-refractivity contribution is -0.117. The van der Waals surface area contributed by atoms with Crippen LogP contribution in [0, 0.1) is 5.92 Å². The Kier molecular flexibility index (Phi) is 2.54. The van der Waals surface area contributed by atoms with Crippen molar-refractivity contribution in [3.05, 3.63) is 11.1 Å². The second-order valence-electron chi connectivity index (χ2n) is 4.00. The fourth-order valence-corrected chi connectivity index (χ4v) is 2.04. The summed E-state index contributed by atoms with van der Waals surface area (Å²) >= 11 is 1.51. The lowest BCUT2D eigenvalue weighted by Gasteiger charge is -1.99. The third-order valence-corrected chi connectivity index (χ3v) is 3.07. The van der Waals surface area contributed by atoms with Crippen molar-refractivity contribution in [1.82, 2.24) is 4.98 Å². The number of thiazole rings is 1. The van der Waals surface area contributed by atoms with Gasteiger partial charge in [0.25, 0.3) is 0 Å². The van der Waals surface area contributed by atoms with Gasteiger partial charge in [-0.15, -0.1) is 11.3 Å². The molecule has 4 heteroatoms. The van der Waals surface area contributed by atoms with Gasteiger partial charge in [-0.05, 0) is 18.8 Å². The molecule has 0 aliphatic heterocycles. The molecule has 1 N–H and O–H groups in total. The van der Waals surface area contributed by atoms with Crippen molar-refractivity contribution < 1.29 is 4.79 Å². The Hall–Kier alpha value is -0.900. The van der Waals surface area contributed by atoms with Gasteiger partial charge in [-0.2, -0.15) is 0 Å². The van der Waals surface area contributed by atoms with E-state index < -0.39 is 0 Å². The fraction of sp³-hybridized carbons (Fsp3) is 0.600. The molecule has 76 valence electrons. The molecule has 1 fully saturated rings. The van der Waals surface area contributed by atoms with Gasteiger partial charge in [0, 0.05) is 11.3 Å². The quantitative estimate of drug-likeness (QED) is 0.833. The van der Waals surface area contributed by atoms with Gasteiger partial charge in [-0.25, -0.2) is 4.98 Å². The Labute approximate surface area is 87.6 Å². The summed E-state index contributed by atoms with van der Waals surface area (Å²) in [4.78, 5) is 15.8. The predicted octanol–water partition coefficient (Wildman–Crippen LogP) is 2.62. The minimum Gasteiger partial charge on any atom is -0.302 e. The lowest BCUT2D eigenvalue weighted by Crippen LogP contribution is -2.13. The molecule has 1 aromatic rings. The van der Waals surface area contributed by atoms with E-state index in [1.165, 1.54) is 11.3 Å². The summed E-state index contributed by atoms with van der Waals surface area (Å²) in [6.07, 6.45) is 2.07. The molecule has 1 saturated carbocycles. The molecule has 0 bridgehead atoms. The highest BCUT2D eigenvalue weighted by atomic mass is 32.1. The van der Waals surface area contributed by atoms with Crippen LogP contribution in [0.5, 0.6) is 0 Å². The van der Waals surface area contributed by atoms with Crippen LogP contribution in [0.15, 0.2) is 5.38 Å². The van der Waals surface area contributed by atoms with E-state index in [0.29, 0.717) is 5.92 Å². The van der Waals surface area contributed by atoms with E-state index in [0.717, 1.165) is 23.7 Å². The summed E-state index contributed by atoms with van der Waals surface area (Å²) in [5.41, 5.74) is 1.06. The average Bonchev–Trinajstić information content (AvgIpc) is 2.87. The van der Waals surface area contributed by atoms with Gasteiger partial charge in [-0.1, -0.05) is 13.8 Å². The number of rotatable bonds is 3. The van der Waals surface area contributed by atoms with Crippen LogP contribution in [0.3, 0.4) is 0 Å². The summed E-state index contributed by atoms with van der Waals surface area (Å²) < 4.78 is 0. The largest absolute Gasteiger partial charge is 0.302 e. The van der Waals surface area contributed by atoms with Crippen LogP contribution in [0.25, 0.3) is 0 Å². The molecule has 1 aliphatic carbocycles. The highest BCUT2D eigenvalue weighted by Crippen LogP contribution is 2.31. The van der Waals surface area contributed by atoms with Gasteiger partial charge < -0.3 is 5.32 Å². The van der Waals surface area contributed by atoms with Crippen molar-refractivity contribution in [1.29, 1.82) is 0 Å². The van der Waals surface area contributed by atoms with Gasteiger partial charge >= 0.3 is 0 Å². The zero-order valence-electron chi connectivity index (χ0n) is 8.41. The molecule has 1 aliphatic rings. The Morgan fingerprint density at radius 3 is 2.86 bits per heavy atom. The Morgan fingerprint density at radius 1 is 1.64 bits per heavy atom. The first-order chi connectivity index (χ1) is 6.66. The minimum atomic E-state index is 0.134. The first-order valence-electron chi connectivity index (χ1n) is 4.93. The maximum atomic E-state index is 11.4. The molecule has 1 amide bonds. The van der Waals surface area contributed by atoms with Crippen LogP contribution in [-0.4, -0.2) is 10.9 Å². The molecule has 0 unspecified atom stereocenters. The molecule has 1 heterocycles. The fourth-order valence-electron chi connectivity index (χ4n) is 1.16.